The second-order valence-electron chi connectivity index (χ2n) is 7.16. The van der Waals surface area contributed by atoms with Crippen molar-refractivity contribution in [1.29, 1.82) is 0 Å². The van der Waals surface area contributed by atoms with E-state index < -0.39 is 0 Å². The third kappa shape index (κ3) is 1.26. The number of rotatable bonds is 0. The van der Waals surface area contributed by atoms with E-state index in [-0.39, 0.29) is 17.7 Å². The van der Waals surface area contributed by atoms with E-state index in [4.69, 9.17) is 14.2 Å². The molecule has 1 saturated carbocycles. The van der Waals surface area contributed by atoms with Crippen molar-refractivity contribution in [1.82, 2.24) is 0 Å². The Hall–Kier alpha value is -0.120. The van der Waals surface area contributed by atoms with Crippen molar-refractivity contribution >= 4 is 0 Å². The van der Waals surface area contributed by atoms with E-state index >= 15 is 0 Å². The average Bonchev–Trinajstić information content (AvgIpc) is 2.55. The first kappa shape index (κ1) is 11.7. The second-order valence-corrected chi connectivity index (χ2v) is 7.16. The smallest absolute Gasteiger partial charge is 0.190 e. The molecule has 0 radical (unpaired) electrons. The summed E-state index contributed by atoms with van der Waals surface area (Å²) in [5.41, 5.74) is -0.137. The van der Waals surface area contributed by atoms with Crippen molar-refractivity contribution in [2.75, 3.05) is 6.61 Å². The fraction of sp³-hybridized carbons (Fsp3) is 1.00. The Balaban J connectivity index is 1.81. The van der Waals surface area contributed by atoms with Gasteiger partial charge in [0, 0.05) is 6.42 Å². The molecule has 7 atom stereocenters. The van der Waals surface area contributed by atoms with Gasteiger partial charge in [0.25, 0.3) is 0 Å². The Kier molecular flexibility index (Phi) is 2.27. The Bertz CT molecular complexity index is 363. The zero-order chi connectivity index (χ0) is 12.5. The molecular weight excluding hydrogens is 228 g/mol. The third-order valence-corrected chi connectivity index (χ3v) is 6.00. The van der Waals surface area contributed by atoms with Crippen molar-refractivity contribution in [3.63, 3.8) is 0 Å². The van der Waals surface area contributed by atoms with Gasteiger partial charge in [0.1, 0.15) is 5.60 Å². The Morgan fingerprint density at radius 3 is 2.61 bits per heavy atom. The molecule has 0 N–H and O–H groups in total. The van der Waals surface area contributed by atoms with Gasteiger partial charge in [0.05, 0.1) is 6.61 Å². The SMILES string of the molecule is C[C@@H]1CC[C@H]2[C@@H](C)CO[C@@H]3O[C@@]4(C)CC[C@@H]1[C@]32O4. The number of fused-ring (bicyclic) bond motifs is 1. The van der Waals surface area contributed by atoms with Gasteiger partial charge in [-0.3, -0.25) is 0 Å². The predicted octanol–water partition coefficient (Wildman–Crippen LogP) is 2.94. The summed E-state index contributed by atoms with van der Waals surface area (Å²) in [4.78, 5) is 0. The third-order valence-electron chi connectivity index (χ3n) is 6.00. The maximum absolute atomic E-state index is 6.54. The molecule has 4 aliphatic rings. The van der Waals surface area contributed by atoms with Crippen LogP contribution in [0.1, 0.15) is 46.5 Å². The molecule has 2 bridgehead atoms. The van der Waals surface area contributed by atoms with E-state index in [1.54, 1.807) is 0 Å². The highest BCUT2D eigenvalue weighted by atomic mass is 16.8. The first-order valence-corrected chi connectivity index (χ1v) is 7.55. The molecule has 3 aliphatic heterocycles. The van der Waals surface area contributed by atoms with Gasteiger partial charge in [-0.1, -0.05) is 13.8 Å². The highest BCUT2D eigenvalue weighted by Gasteiger charge is 2.70. The number of hydrogen-bond acceptors (Lipinski definition) is 3. The standard InChI is InChI=1S/C15H24O3/c1-9-4-5-11-10(2)8-16-13-15(11)12(9)6-7-14(3,17-13)18-15/h9-13H,4-8H2,1-3H3/t9-,10+,11+,12+,13-,14-,15+/m1/s1. The van der Waals surface area contributed by atoms with Gasteiger partial charge in [-0.05, 0) is 49.9 Å². The molecule has 3 heterocycles. The van der Waals surface area contributed by atoms with Crippen molar-refractivity contribution in [2.24, 2.45) is 23.7 Å². The van der Waals surface area contributed by atoms with Gasteiger partial charge in [-0.25, -0.2) is 0 Å². The average molecular weight is 252 g/mol. The monoisotopic (exact) mass is 252 g/mol. The molecule has 3 heteroatoms. The van der Waals surface area contributed by atoms with Crippen molar-refractivity contribution in [3.05, 3.63) is 0 Å². The van der Waals surface area contributed by atoms with Crippen LogP contribution in [-0.2, 0) is 14.2 Å². The summed E-state index contributed by atoms with van der Waals surface area (Å²) in [6.07, 6.45) is 4.76. The van der Waals surface area contributed by atoms with Crippen LogP contribution in [0.4, 0.5) is 0 Å². The summed E-state index contributed by atoms with van der Waals surface area (Å²) < 4.78 is 18.7. The summed E-state index contributed by atoms with van der Waals surface area (Å²) >= 11 is 0. The largest absolute Gasteiger partial charge is 0.349 e. The lowest BCUT2D eigenvalue weighted by Crippen LogP contribution is -2.64. The predicted molar refractivity (Wildman–Crippen MR) is 66.8 cm³/mol. The Morgan fingerprint density at radius 1 is 1.00 bits per heavy atom. The fourth-order valence-electron chi connectivity index (χ4n) is 5.14. The molecule has 4 fully saturated rings. The van der Waals surface area contributed by atoms with Gasteiger partial charge in [-0.2, -0.15) is 0 Å². The molecule has 0 aromatic rings. The van der Waals surface area contributed by atoms with Gasteiger partial charge in [-0.15, -0.1) is 0 Å². The maximum Gasteiger partial charge on any atom is 0.190 e. The molecule has 0 amide bonds. The fourth-order valence-corrected chi connectivity index (χ4v) is 5.14. The van der Waals surface area contributed by atoms with E-state index in [2.05, 4.69) is 20.8 Å². The van der Waals surface area contributed by atoms with Gasteiger partial charge in [0.15, 0.2) is 12.1 Å². The van der Waals surface area contributed by atoms with Crippen LogP contribution < -0.4 is 0 Å². The van der Waals surface area contributed by atoms with E-state index in [0.717, 1.165) is 18.9 Å². The maximum atomic E-state index is 6.54. The second kappa shape index (κ2) is 3.50. The molecule has 4 rings (SSSR count). The number of ether oxygens (including phenoxy) is 3. The molecule has 1 spiro atoms. The van der Waals surface area contributed by atoms with Crippen molar-refractivity contribution in [3.8, 4) is 0 Å². The lowest BCUT2D eigenvalue weighted by atomic mass is 9.57. The summed E-state index contributed by atoms with van der Waals surface area (Å²) in [5.74, 6) is 2.20. The van der Waals surface area contributed by atoms with Gasteiger partial charge >= 0.3 is 0 Å². The molecule has 3 nitrogen and oxygen atoms in total. The van der Waals surface area contributed by atoms with Crippen LogP contribution in [0.15, 0.2) is 0 Å². The van der Waals surface area contributed by atoms with E-state index in [0.29, 0.717) is 17.8 Å². The number of hydrogen-bond donors (Lipinski definition) is 0. The lowest BCUT2D eigenvalue weighted by Gasteiger charge is -2.57. The minimum Gasteiger partial charge on any atom is -0.349 e. The summed E-state index contributed by atoms with van der Waals surface area (Å²) in [7, 11) is 0. The van der Waals surface area contributed by atoms with Crippen LogP contribution >= 0.6 is 0 Å². The summed E-state index contributed by atoms with van der Waals surface area (Å²) in [6, 6.07) is 0. The zero-order valence-corrected chi connectivity index (χ0v) is 11.6. The minimum absolute atomic E-state index is 0.112. The van der Waals surface area contributed by atoms with Crippen LogP contribution in [-0.4, -0.2) is 24.3 Å². The quantitative estimate of drug-likeness (QED) is 0.663. The van der Waals surface area contributed by atoms with Crippen LogP contribution in [0, 0.1) is 23.7 Å². The molecule has 3 saturated heterocycles. The van der Waals surface area contributed by atoms with Crippen molar-refractivity contribution in [2.45, 2.75) is 64.1 Å². The van der Waals surface area contributed by atoms with E-state index in [9.17, 15) is 0 Å². The molecule has 18 heavy (non-hydrogen) atoms. The Labute approximate surface area is 109 Å². The van der Waals surface area contributed by atoms with E-state index in [1.165, 1.54) is 19.3 Å². The van der Waals surface area contributed by atoms with Crippen LogP contribution in [0.2, 0.25) is 0 Å². The highest BCUT2D eigenvalue weighted by Crippen LogP contribution is 2.62. The first-order chi connectivity index (χ1) is 8.55. The van der Waals surface area contributed by atoms with E-state index in [1.807, 2.05) is 0 Å². The molecule has 0 unspecified atom stereocenters. The minimum atomic E-state index is -0.388. The molecule has 1 aliphatic carbocycles. The van der Waals surface area contributed by atoms with Crippen LogP contribution in [0.5, 0.6) is 0 Å². The van der Waals surface area contributed by atoms with Crippen molar-refractivity contribution < 1.29 is 14.2 Å². The normalized spacial score (nSPS) is 62.5. The molecular formula is C15H24O3. The van der Waals surface area contributed by atoms with Gasteiger partial charge in [0.2, 0.25) is 0 Å². The first-order valence-electron chi connectivity index (χ1n) is 7.55. The summed E-state index contributed by atoms with van der Waals surface area (Å²) in [6.45, 7) is 7.63. The summed E-state index contributed by atoms with van der Waals surface area (Å²) in [5, 5.41) is 0. The topological polar surface area (TPSA) is 27.7 Å². The van der Waals surface area contributed by atoms with Crippen LogP contribution in [0.25, 0.3) is 0 Å². The van der Waals surface area contributed by atoms with Crippen LogP contribution in [0.3, 0.4) is 0 Å². The van der Waals surface area contributed by atoms with Gasteiger partial charge < -0.3 is 14.2 Å². The zero-order valence-electron chi connectivity index (χ0n) is 11.6. The highest BCUT2D eigenvalue weighted by molar-refractivity contribution is 5.11. The lowest BCUT2D eigenvalue weighted by molar-refractivity contribution is -0.270. The Morgan fingerprint density at radius 2 is 1.78 bits per heavy atom. The molecule has 102 valence electrons. The molecule has 0 aromatic carbocycles. The molecule has 0 aromatic heterocycles.